The fraction of sp³-hybridized carbons (Fsp3) is 0.147. The summed E-state index contributed by atoms with van der Waals surface area (Å²) >= 11 is 20.8. The summed E-state index contributed by atoms with van der Waals surface area (Å²) in [5, 5.41) is 0.794. The van der Waals surface area contributed by atoms with Gasteiger partial charge in [-0.3, -0.25) is 9.36 Å². The number of ether oxygens (including phenoxy) is 2. The molecule has 0 spiro atoms. The summed E-state index contributed by atoms with van der Waals surface area (Å²) in [6.45, 7) is 4.01. The maximum atomic E-state index is 14.1. The van der Waals surface area contributed by atoms with E-state index in [1.54, 1.807) is 50.3 Å². The summed E-state index contributed by atoms with van der Waals surface area (Å²) in [6, 6.07) is 21.4. The van der Waals surface area contributed by atoms with E-state index >= 15 is 0 Å². The van der Waals surface area contributed by atoms with E-state index < -0.39 is 12.0 Å². The molecule has 1 aliphatic rings. The normalized spacial score (nSPS) is 14.7. The summed E-state index contributed by atoms with van der Waals surface area (Å²) in [5.41, 5.74) is 2.83. The Morgan fingerprint density at radius 2 is 1.78 bits per heavy atom. The number of esters is 1. The topological polar surface area (TPSA) is 83.0 Å². The molecular weight excluding hydrogens is 779 g/mol. The van der Waals surface area contributed by atoms with E-state index in [9.17, 15) is 9.59 Å². The number of hydrogen-bond donors (Lipinski definition) is 0. The molecule has 0 saturated heterocycles. The zero-order valence-electron chi connectivity index (χ0n) is 24.4. The average Bonchev–Trinajstić information content (AvgIpc) is 3.63. The lowest BCUT2D eigenvalue weighted by atomic mass is 10.0. The van der Waals surface area contributed by atoms with Gasteiger partial charge in [-0.2, -0.15) is 0 Å². The Hall–Kier alpha value is -3.41. The molecule has 234 valence electrons. The molecule has 0 radical (unpaired) electrons. The lowest BCUT2D eigenvalue weighted by Crippen LogP contribution is -2.39. The number of fused-ring (bicyclic) bond motifs is 1. The van der Waals surface area contributed by atoms with Gasteiger partial charge >= 0.3 is 5.97 Å². The van der Waals surface area contributed by atoms with Gasteiger partial charge in [-0.15, -0.1) is 0 Å². The number of allylic oxidation sites excluding steroid dienone is 1. The first-order valence-corrected chi connectivity index (χ1v) is 17.2. The molecule has 3 aromatic carbocycles. The van der Waals surface area contributed by atoms with Crippen molar-refractivity contribution < 1.29 is 18.7 Å². The summed E-state index contributed by atoms with van der Waals surface area (Å²) in [4.78, 5) is 32.4. The molecule has 0 amide bonds. The van der Waals surface area contributed by atoms with Crippen LogP contribution in [0.4, 0.5) is 0 Å². The van der Waals surface area contributed by atoms with Crippen molar-refractivity contribution in [2.45, 2.75) is 26.5 Å². The first-order valence-electron chi connectivity index (χ1n) is 14.0. The van der Waals surface area contributed by atoms with Gasteiger partial charge in [0.2, 0.25) is 0 Å². The fourth-order valence-corrected chi connectivity index (χ4v) is 7.84. The highest BCUT2D eigenvalue weighted by Crippen LogP contribution is 2.37. The van der Waals surface area contributed by atoms with E-state index in [1.807, 2.05) is 42.5 Å². The Labute approximate surface area is 294 Å². The summed E-state index contributed by atoms with van der Waals surface area (Å²) in [7, 11) is 0. The van der Waals surface area contributed by atoms with Crippen molar-refractivity contribution in [2.75, 3.05) is 6.61 Å². The van der Waals surface area contributed by atoms with Crippen molar-refractivity contribution in [3.8, 4) is 17.1 Å². The summed E-state index contributed by atoms with van der Waals surface area (Å²) < 4.78 is 21.1. The maximum Gasteiger partial charge on any atom is 0.338 e. The monoisotopic (exact) mass is 800 g/mol. The molecule has 0 fully saturated rings. The molecule has 7 nitrogen and oxygen atoms in total. The molecule has 2 aromatic heterocycles. The van der Waals surface area contributed by atoms with Crippen LogP contribution in [0.25, 0.3) is 17.4 Å². The third-order valence-electron chi connectivity index (χ3n) is 7.16. The van der Waals surface area contributed by atoms with Crippen LogP contribution in [0.15, 0.2) is 107 Å². The second-order valence-electron chi connectivity index (χ2n) is 10.2. The molecule has 0 unspecified atom stereocenters. The van der Waals surface area contributed by atoms with Crippen molar-refractivity contribution in [1.29, 1.82) is 0 Å². The van der Waals surface area contributed by atoms with Gasteiger partial charge in [-0.05, 0) is 105 Å². The van der Waals surface area contributed by atoms with E-state index in [-0.39, 0.29) is 17.7 Å². The maximum absolute atomic E-state index is 14.1. The van der Waals surface area contributed by atoms with Crippen molar-refractivity contribution in [2.24, 2.45) is 4.99 Å². The Bertz CT molecular complexity index is 2170. The predicted octanol–water partition coefficient (Wildman–Crippen LogP) is 8.47. The molecule has 0 N–H and O–H groups in total. The Balaban J connectivity index is 1.41. The van der Waals surface area contributed by atoms with Crippen LogP contribution < -0.4 is 19.6 Å². The van der Waals surface area contributed by atoms with E-state index in [4.69, 9.17) is 37.1 Å². The number of halogens is 4. The minimum absolute atomic E-state index is 0.161. The molecule has 0 saturated carbocycles. The van der Waals surface area contributed by atoms with Crippen molar-refractivity contribution in [3.63, 3.8) is 0 Å². The van der Waals surface area contributed by atoms with E-state index in [1.165, 1.54) is 15.9 Å². The summed E-state index contributed by atoms with van der Waals surface area (Å²) in [6.07, 6.45) is 1.78. The molecule has 1 atom stereocenters. The van der Waals surface area contributed by atoms with Gasteiger partial charge in [0.15, 0.2) is 4.80 Å². The van der Waals surface area contributed by atoms with Gasteiger partial charge in [-0.25, -0.2) is 9.79 Å². The molecule has 46 heavy (non-hydrogen) atoms. The van der Waals surface area contributed by atoms with E-state index in [2.05, 4.69) is 36.9 Å². The van der Waals surface area contributed by atoms with Crippen molar-refractivity contribution in [3.05, 3.63) is 140 Å². The highest BCUT2D eigenvalue weighted by atomic mass is 79.9. The number of carbonyl (C=O) groups excluding carboxylic acids is 1. The third kappa shape index (κ3) is 6.55. The highest BCUT2D eigenvalue weighted by Gasteiger charge is 2.35. The van der Waals surface area contributed by atoms with Crippen LogP contribution in [0.2, 0.25) is 10.0 Å². The average molecular weight is 803 g/mol. The van der Waals surface area contributed by atoms with Crippen LogP contribution in [-0.2, 0) is 16.1 Å². The Morgan fingerprint density at radius 3 is 2.48 bits per heavy atom. The second kappa shape index (κ2) is 13.8. The van der Waals surface area contributed by atoms with Gasteiger partial charge in [-0.1, -0.05) is 64.9 Å². The van der Waals surface area contributed by atoms with Gasteiger partial charge in [0.1, 0.15) is 29.9 Å². The first kappa shape index (κ1) is 32.5. The van der Waals surface area contributed by atoms with Crippen LogP contribution in [-0.4, -0.2) is 17.1 Å². The molecular formula is C34H24Br2Cl2N2O5S. The minimum atomic E-state index is -0.902. The second-order valence-corrected chi connectivity index (χ2v) is 13.8. The number of aromatic nitrogens is 1. The minimum Gasteiger partial charge on any atom is -0.487 e. The molecule has 1 aliphatic heterocycles. The quantitative estimate of drug-likeness (QED) is 0.147. The van der Waals surface area contributed by atoms with Crippen molar-refractivity contribution >= 4 is 78.4 Å². The number of thiazole rings is 1. The number of rotatable bonds is 8. The Morgan fingerprint density at radius 1 is 1.04 bits per heavy atom. The number of carbonyl (C=O) groups is 1. The number of hydrogen-bond acceptors (Lipinski definition) is 7. The van der Waals surface area contributed by atoms with E-state index in [0.717, 1.165) is 20.1 Å². The largest absolute Gasteiger partial charge is 0.487 e. The molecule has 3 heterocycles. The number of nitrogens with zero attached hydrogens (tertiary/aromatic N) is 2. The Kier molecular flexibility index (Phi) is 9.72. The lowest BCUT2D eigenvalue weighted by molar-refractivity contribution is -0.139. The number of furan rings is 1. The SMILES string of the molecule is CCOC(=O)C1=C(C)N=c2s/c(=C\c3cc(Br)c(OCc4ccccc4)c(Br)c3)c(=O)n2[C@@H]1c1ccc(-c2ccc(Cl)c(Cl)c2)o1. The predicted molar refractivity (Wildman–Crippen MR) is 187 cm³/mol. The van der Waals surface area contributed by atoms with Crippen LogP contribution in [0.1, 0.15) is 36.8 Å². The smallest absolute Gasteiger partial charge is 0.338 e. The van der Waals surface area contributed by atoms with Crippen molar-refractivity contribution in [1.82, 2.24) is 4.57 Å². The zero-order valence-corrected chi connectivity index (χ0v) is 29.9. The van der Waals surface area contributed by atoms with Gasteiger partial charge in [0.25, 0.3) is 5.56 Å². The van der Waals surface area contributed by atoms with Crippen LogP contribution >= 0.6 is 66.4 Å². The standard InChI is InChI=1S/C34H24Br2Cl2N2O5S/c1-3-43-33(42)29-18(2)39-34-40(30(29)27-12-11-26(45-27)21-9-10-24(37)25(38)16-21)32(41)28(46-34)15-20-13-22(35)31(23(36)14-20)44-17-19-7-5-4-6-8-19/h4-16,30H,3,17H2,1-2H3/b28-15-/t30-/m1/s1. The zero-order chi connectivity index (χ0) is 32.5. The van der Waals surface area contributed by atoms with Gasteiger partial charge < -0.3 is 13.9 Å². The van der Waals surface area contributed by atoms with Crippen LogP contribution in [0.5, 0.6) is 5.75 Å². The first-order chi connectivity index (χ1) is 22.1. The molecule has 0 bridgehead atoms. The summed E-state index contributed by atoms with van der Waals surface area (Å²) in [5.74, 6) is 0.941. The highest BCUT2D eigenvalue weighted by molar-refractivity contribution is 9.11. The molecule has 6 rings (SSSR count). The lowest BCUT2D eigenvalue weighted by Gasteiger charge is -2.22. The molecule has 5 aromatic rings. The molecule has 12 heteroatoms. The number of benzene rings is 3. The van der Waals surface area contributed by atoms with Gasteiger partial charge in [0, 0.05) is 5.56 Å². The van der Waals surface area contributed by atoms with Crippen LogP contribution in [0.3, 0.4) is 0 Å². The van der Waals surface area contributed by atoms with E-state index in [0.29, 0.717) is 54.5 Å². The van der Waals surface area contributed by atoms with Crippen LogP contribution in [0, 0.1) is 0 Å². The third-order valence-corrected chi connectivity index (χ3v) is 10.1. The molecule has 0 aliphatic carbocycles. The fourth-order valence-electron chi connectivity index (χ4n) is 5.05. The van der Waals surface area contributed by atoms with Gasteiger partial charge in [0.05, 0.1) is 41.4 Å².